The molecule has 5 heteroatoms. The van der Waals surface area contributed by atoms with Gasteiger partial charge in [0.15, 0.2) is 5.75 Å². The van der Waals surface area contributed by atoms with Crippen molar-refractivity contribution in [2.45, 2.75) is 40.5 Å². The minimum Gasteiger partial charge on any atom is -0.505 e. The number of phenols is 1. The van der Waals surface area contributed by atoms with Crippen LogP contribution in [0.2, 0.25) is 10.0 Å². The third-order valence-electron chi connectivity index (χ3n) is 3.35. The van der Waals surface area contributed by atoms with E-state index in [9.17, 15) is 5.11 Å². The first-order valence-corrected chi connectivity index (χ1v) is 8.92. The van der Waals surface area contributed by atoms with Crippen LogP contribution in [0.1, 0.15) is 39.1 Å². The van der Waals surface area contributed by atoms with Crippen molar-refractivity contribution in [2.75, 3.05) is 0 Å². The molecule has 120 valence electrons. The van der Waals surface area contributed by atoms with Crippen LogP contribution < -0.4 is 0 Å². The molecular formula is C17H21Cl2NOS. The van der Waals surface area contributed by atoms with Gasteiger partial charge in [-0.3, -0.25) is 0 Å². The van der Waals surface area contributed by atoms with E-state index in [-0.39, 0.29) is 15.8 Å². The molecule has 0 aliphatic rings. The largest absolute Gasteiger partial charge is 0.505 e. The highest BCUT2D eigenvalue weighted by Gasteiger charge is 2.17. The number of rotatable bonds is 4. The molecule has 2 rings (SSSR count). The van der Waals surface area contributed by atoms with E-state index in [1.54, 1.807) is 23.5 Å². The molecule has 22 heavy (non-hydrogen) atoms. The number of hydrogen-bond donors (Lipinski definition) is 1. The van der Waals surface area contributed by atoms with E-state index in [0.29, 0.717) is 11.3 Å². The third-order valence-corrected chi connectivity index (χ3v) is 4.80. The maximum Gasteiger partial charge on any atom is 0.152 e. The average molecular weight is 358 g/mol. The van der Waals surface area contributed by atoms with Crippen LogP contribution in [0.3, 0.4) is 0 Å². The van der Waals surface area contributed by atoms with Gasteiger partial charge in [-0.05, 0) is 29.9 Å². The third kappa shape index (κ3) is 4.61. The van der Waals surface area contributed by atoms with Crippen LogP contribution in [0.15, 0.2) is 17.5 Å². The van der Waals surface area contributed by atoms with Crippen LogP contribution in [0.4, 0.5) is 0 Å². The summed E-state index contributed by atoms with van der Waals surface area (Å²) in [6.07, 6.45) is 2.14. The summed E-state index contributed by atoms with van der Waals surface area (Å²) in [7, 11) is 0. The molecule has 0 spiro atoms. The predicted molar refractivity (Wildman–Crippen MR) is 96.2 cm³/mol. The number of aromatic hydroxyl groups is 1. The fourth-order valence-electron chi connectivity index (χ4n) is 2.67. The summed E-state index contributed by atoms with van der Waals surface area (Å²) in [6, 6.07) is 3.39. The molecule has 0 aliphatic heterocycles. The molecule has 1 aromatic heterocycles. The Balaban J connectivity index is 2.15. The summed E-state index contributed by atoms with van der Waals surface area (Å²) >= 11 is 13.6. The smallest absolute Gasteiger partial charge is 0.152 e. The number of hydrogen-bond acceptors (Lipinski definition) is 3. The standard InChI is InChI=1S/C17H21Cl2NOS/c1-10(8-17(2,3)4)5-15-20-14(9-22-15)11-6-12(18)16(21)13(19)7-11/h6-7,9-10,21H,5,8H2,1-4H3. The summed E-state index contributed by atoms with van der Waals surface area (Å²) in [5, 5.41) is 13.3. The van der Waals surface area contributed by atoms with Crippen molar-refractivity contribution in [1.82, 2.24) is 4.98 Å². The number of benzene rings is 1. The summed E-state index contributed by atoms with van der Waals surface area (Å²) in [5.74, 6) is 0.507. The lowest BCUT2D eigenvalue weighted by molar-refractivity contribution is 0.306. The molecule has 2 aromatic rings. The lowest BCUT2D eigenvalue weighted by Gasteiger charge is -2.22. The SMILES string of the molecule is CC(Cc1nc(-c2cc(Cl)c(O)c(Cl)c2)cs1)CC(C)(C)C. The summed E-state index contributed by atoms with van der Waals surface area (Å²) in [6.45, 7) is 9.05. The molecule has 0 amide bonds. The lowest BCUT2D eigenvalue weighted by Crippen LogP contribution is -2.12. The van der Waals surface area contributed by atoms with Crippen LogP contribution in [0, 0.1) is 11.3 Å². The number of thiazole rings is 1. The molecule has 2 nitrogen and oxygen atoms in total. The number of nitrogens with zero attached hydrogens (tertiary/aromatic N) is 1. The van der Waals surface area contributed by atoms with Gasteiger partial charge in [0.05, 0.1) is 20.7 Å². The quantitative estimate of drug-likeness (QED) is 0.682. The maximum atomic E-state index is 9.63. The molecule has 0 saturated heterocycles. The van der Waals surface area contributed by atoms with E-state index >= 15 is 0 Å². The van der Waals surface area contributed by atoms with E-state index in [1.165, 1.54) is 6.42 Å². The van der Waals surface area contributed by atoms with Crippen LogP contribution in [-0.4, -0.2) is 10.1 Å². The Labute approximate surface area is 146 Å². The Morgan fingerprint density at radius 2 is 1.82 bits per heavy atom. The average Bonchev–Trinajstić information content (AvgIpc) is 2.81. The van der Waals surface area contributed by atoms with E-state index in [4.69, 9.17) is 23.2 Å². The van der Waals surface area contributed by atoms with Gasteiger partial charge in [0.2, 0.25) is 0 Å². The Hall–Kier alpha value is -0.770. The second kappa shape index (κ2) is 6.77. The number of aromatic nitrogens is 1. The van der Waals surface area contributed by atoms with Gasteiger partial charge < -0.3 is 5.11 Å². The van der Waals surface area contributed by atoms with Crippen molar-refractivity contribution in [2.24, 2.45) is 11.3 Å². The summed E-state index contributed by atoms with van der Waals surface area (Å²) in [4.78, 5) is 4.68. The van der Waals surface area contributed by atoms with E-state index in [1.807, 2.05) is 5.38 Å². The van der Waals surface area contributed by atoms with Crippen LogP contribution in [0.5, 0.6) is 5.75 Å². The van der Waals surface area contributed by atoms with Gasteiger partial charge in [0.1, 0.15) is 0 Å². The number of phenolic OH excluding ortho intramolecular Hbond substituents is 1. The predicted octanol–water partition coefficient (Wildman–Crippen LogP) is 6.44. The normalized spacial score (nSPS) is 13.4. The fraction of sp³-hybridized carbons (Fsp3) is 0.471. The highest BCUT2D eigenvalue weighted by molar-refractivity contribution is 7.09. The minimum atomic E-state index is -0.0821. The Morgan fingerprint density at radius 1 is 1.23 bits per heavy atom. The monoisotopic (exact) mass is 357 g/mol. The van der Waals surface area contributed by atoms with Crippen LogP contribution in [-0.2, 0) is 6.42 Å². The molecule has 1 atom stereocenters. The van der Waals surface area contributed by atoms with Gasteiger partial charge in [0.25, 0.3) is 0 Å². The van der Waals surface area contributed by atoms with Gasteiger partial charge >= 0.3 is 0 Å². The van der Waals surface area contributed by atoms with Gasteiger partial charge in [-0.2, -0.15) is 0 Å². The van der Waals surface area contributed by atoms with Gasteiger partial charge in [-0.15, -0.1) is 11.3 Å². The molecule has 0 fully saturated rings. The molecule has 1 unspecified atom stereocenters. The van der Waals surface area contributed by atoms with E-state index in [2.05, 4.69) is 32.7 Å². The Kier molecular flexibility index (Phi) is 5.41. The summed E-state index contributed by atoms with van der Waals surface area (Å²) in [5.41, 5.74) is 2.02. The van der Waals surface area contributed by atoms with E-state index in [0.717, 1.165) is 22.7 Å². The Morgan fingerprint density at radius 3 is 2.36 bits per heavy atom. The van der Waals surface area contributed by atoms with Gasteiger partial charge in [-0.1, -0.05) is 50.9 Å². The van der Waals surface area contributed by atoms with Gasteiger partial charge in [-0.25, -0.2) is 4.98 Å². The van der Waals surface area contributed by atoms with Crippen LogP contribution in [0.25, 0.3) is 11.3 Å². The zero-order chi connectivity index (χ0) is 16.5. The van der Waals surface area contributed by atoms with Gasteiger partial charge in [0, 0.05) is 17.4 Å². The van der Waals surface area contributed by atoms with Crippen molar-refractivity contribution in [3.05, 3.63) is 32.6 Å². The zero-order valence-electron chi connectivity index (χ0n) is 13.3. The first-order valence-electron chi connectivity index (χ1n) is 7.28. The summed E-state index contributed by atoms with van der Waals surface area (Å²) < 4.78 is 0. The second-order valence-corrected chi connectivity index (χ2v) is 8.75. The highest BCUT2D eigenvalue weighted by Crippen LogP contribution is 2.37. The lowest BCUT2D eigenvalue weighted by atomic mass is 9.84. The molecule has 1 aromatic carbocycles. The zero-order valence-corrected chi connectivity index (χ0v) is 15.6. The fourth-order valence-corrected chi connectivity index (χ4v) is 4.12. The van der Waals surface area contributed by atoms with E-state index < -0.39 is 0 Å². The molecule has 0 bridgehead atoms. The molecule has 0 aliphatic carbocycles. The second-order valence-electron chi connectivity index (χ2n) is 6.99. The van der Waals surface area contributed by atoms with Crippen molar-refractivity contribution in [3.8, 4) is 17.0 Å². The first kappa shape index (κ1) is 17.6. The topological polar surface area (TPSA) is 33.1 Å². The highest BCUT2D eigenvalue weighted by atomic mass is 35.5. The first-order chi connectivity index (χ1) is 10.2. The molecule has 1 N–H and O–H groups in total. The molecular weight excluding hydrogens is 337 g/mol. The Bertz CT molecular complexity index is 638. The molecule has 1 heterocycles. The van der Waals surface area contributed by atoms with Crippen molar-refractivity contribution < 1.29 is 5.11 Å². The van der Waals surface area contributed by atoms with Crippen LogP contribution >= 0.6 is 34.5 Å². The minimum absolute atomic E-state index is 0.0821. The molecule has 0 saturated carbocycles. The number of halogens is 2. The van der Waals surface area contributed by atoms with Crippen molar-refractivity contribution >= 4 is 34.5 Å². The van der Waals surface area contributed by atoms with Crippen molar-refractivity contribution in [3.63, 3.8) is 0 Å². The van der Waals surface area contributed by atoms with Crippen molar-refractivity contribution in [1.29, 1.82) is 0 Å². The molecule has 0 radical (unpaired) electrons. The maximum absolute atomic E-state index is 9.63.